The molecule has 0 saturated carbocycles. The van der Waals surface area contributed by atoms with E-state index >= 15 is 0 Å². The second-order valence-electron chi connectivity index (χ2n) is 1.28. The molecular formula is C6H6S. The van der Waals surface area contributed by atoms with E-state index in [2.05, 4.69) is 18.4 Å². The zero-order valence-corrected chi connectivity index (χ0v) is 5.01. The molecule has 36 valence electrons. The number of allylic oxidation sites excluding steroid dienone is 1. The number of rotatable bonds is 1. The number of hydrogen-bond donors (Lipinski definition) is 0. The summed E-state index contributed by atoms with van der Waals surface area (Å²) in [5, 5.41) is 1.93. The predicted octanol–water partition coefficient (Wildman–Crippen LogP) is 2.29. The predicted molar refractivity (Wildman–Crippen MR) is 33.0 cm³/mol. The van der Waals surface area contributed by atoms with Gasteiger partial charge >= 0.3 is 0 Å². The van der Waals surface area contributed by atoms with Gasteiger partial charge < -0.3 is 0 Å². The summed E-state index contributed by atoms with van der Waals surface area (Å²) in [6.45, 7) is 2.12. The first kappa shape index (κ1) is 4.80. The molecule has 0 saturated heterocycles. The molecule has 7 heavy (non-hydrogen) atoms. The first-order valence-corrected chi connectivity index (χ1v) is 3.17. The van der Waals surface area contributed by atoms with Gasteiger partial charge in [-0.3, -0.25) is 0 Å². The van der Waals surface area contributed by atoms with Gasteiger partial charge in [0.2, 0.25) is 0 Å². The molecule has 1 aliphatic rings. The van der Waals surface area contributed by atoms with Crippen molar-refractivity contribution in [2.75, 3.05) is 0 Å². The summed E-state index contributed by atoms with van der Waals surface area (Å²) in [6.07, 6.45) is 1.09. The third-order valence-corrected chi connectivity index (χ3v) is 1.70. The van der Waals surface area contributed by atoms with Crippen LogP contribution in [0.5, 0.6) is 0 Å². The van der Waals surface area contributed by atoms with Gasteiger partial charge in [-0.2, -0.15) is 0 Å². The highest BCUT2D eigenvalue weighted by Gasteiger charge is 1.90. The fraction of sp³-hybridized carbons (Fsp3) is 0.333. The fourth-order valence-corrected chi connectivity index (χ4v) is 0.956. The maximum atomic E-state index is 2.98. The van der Waals surface area contributed by atoms with Crippen molar-refractivity contribution in [3.8, 4) is 0 Å². The van der Waals surface area contributed by atoms with Gasteiger partial charge in [0.15, 0.2) is 0 Å². The lowest BCUT2D eigenvalue weighted by Crippen LogP contribution is -1.59. The van der Waals surface area contributed by atoms with E-state index in [1.807, 2.05) is 5.41 Å². The second-order valence-corrected chi connectivity index (χ2v) is 2.25. The molecule has 0 aromatic carbocycles. The van der Waals surface area contributed by atoms with Crippen molar-refractivity contribution in [2.45, 2.75) is 13.3 Å². The summed E-state index contributed by atoms with van der Waals surface area (Å²) < 4.78 is 0. The Bertz CT molecular complexity index is 155. The maximum absolute atomic E-state index is 2.98. The van der Waals surface area contributed by atoms with Crippen LogP contribution in [0.3, 0.4) is 0 Å². The van der Waals surface area contributed by atoms with Crippen LogP contribution in [-0.4, -0.2) is 0 Å². The summed E-state index contributed by atoms with van der Waals surface area (Å²) in [5.41, 5.74) is 5.85. The van der Waals surface area contributed by atoms with Gasteiger partial charge in [0.05, 0.1) is 0 Å². The van der Waals surface area contributed by atoms with Gasteiger partial charge in [0.25, 0.3) is 0 Å². The molecule has 0 spiro atoms. The van der Waals surface area contributed by atoms with Gasteiger partial charge in [0.1, 0.15) is 0 Å². The Kier molecular flexibility index (Phi) is 1.43. The molecule has 0 nitrogen and oxygen atoms in total. The minimum atomic E-state index is 1.09. The highest BCUT2D eigenvalue weighted by molar-refractivity contribution is 8.05. The average molecular weight is 110 g/mol. The van der Waals surface area contributed by atoms with Crippen LogP contribution in [-0.2, 0) is 0 Å². The third-order valence-electron chi connectivity index (χ3n) is 0.793. The van der Waals surface area contributed by atoms with E-state index in [9.17, 15) is 0 Å². The summed E-state index contributed by atoms with van der Waals surface area (Å²) in [5.74, 6) is 0. The molecule has 0 aromatic rings. The number of thioether (sulfide) groups is 1. The molecule has 1 heterocycles. The summed E-state index contributed by atoms with van der Waals surface area (Å²) >= 11 is 1.71. The molecule has 0 aliphatic carbocycles. The highest BCUT2D eigenvalue weighted by atomic mass is 32.2. The van der Waals surface area contributed by atoms with Crippen molar-refractivity contribution >= 4 is 11.8 Å². The smallest absolute Gasteiger partial charge is 0.0397 e. The van der Waals surface area contributed by atoms with Crippen molar-refractivity contribution in [3.63, 3.8) is 0 Å². The van der Waals surface area contributed by atoms with E-state index in [1.54, 1.807) is 11.8 Å². The Hall–Kier alpha value is -0.350. The van der Waals surface area contributed by atoms with Gasteiger partial charge in [-0.1, -0.05) is 30.1 Å². The Balaban J connectivity index is 2.77. The van der Waals surface area contributed by atoms with Crippen molar-refractivity contribution in [3.05, 3.63) is 21.8 Å². The van der Waals surface area contributed by atoms with Crippen LogP contribution in [0.4, 0.5) is 0 Å². The lowest BCUT2D eigenvalue weighted by atomic mass is 10.5. The van der Waals surface area contributed by atoms with Crippen LogP contribution in [0.2, 0.25) is 0 Å². The molecule has 1 aliphatic heterocycles. The summed E-state index contributed by atoms with van der Waals surface area (Å²) in [6, 6.07) is 0. The van der Waals surface area contributed by atoms with E-state index in [0.29, 0.717) is 0 Å². The molecule has 0 radical (unpaired) electrons. The largest absolute Gasteiger partial charge is 0.0842 e. The molecular weight excluding hydrogens is 104 g/mol. The Morgan fingerprint density at radius 3 is 3.00 bits per heavy atom. The molecule has 0 N–H and O–H groups in total. The van der Waals surface area contributed by atoms with Gasteiger partial charge in [-0.15, -0.1) is 0 Å². The molecule has 1 heteroatoms. The van der Waals surface area contributed by atoms with Crippen molar-refractivity contribution < 1.29 is 0 Å². The van der Waals surface area contributed by atoms with Crippen LogP contribution in [0.25, 0.3) is 0 Å². The van der Waals surface area contributed by atoms with Crippen LogP contribution < -0.4 is 0 Å². The van der Waals surface area contributed by atoms with Crippen molar-refractivity contribution in [1.29, 1.82) is 0 Å². The Morgan fingerprint density at radius 1 is 1.86 bits per heavy atom. The molecule has 0 bridgehead atoms. The van der Waals surface area contributed by atoms with Crippen molar-refractivity contribution in [2.24, 2.45) is 0 Å². The average Bonchev–Trinajstić information content (AvgIpc) is 2.14. The Morgan fingerprint density at radius 2 is 2.71 bits per heavy atom. The normalized spacial score (nSPS) is 15.3. The molecule has 0 amide bonds. The van der Waals surface area contributed by atoms with Gasteiger partial charge in [-0.25, -0.2) is 0 Å². The molecule has 0 fully saturated rings. The summed E-state index contributed by atoms with van der Waals surface area (Å²) in [4.78, 5) is 1.29. The highest BCUT2D eigenvalue weighted by Crippen LogP contribution is 2.20. The van der Waals surface area contributed by atoms with Gasteiger partial charge in [-0.05, 0) is 6.42 Å². The third kappa shape index (κ3) is 1.01. The minimum absolute atomic E-state index is 1.09. The van der Waals surface area contributed by atoms with E-state index in [1.165, 1.54) is 4.91 Å². The lowest BCUT2D eigenvalue weighted by Gasteiger charge is -1.84. The van der Waals surface area contributed by atoms with E-state index in [0.717, 1.165) is 6.42 Å². The van der Waals surface area contributed by atoms with E-state index in [4.69, 9.17) is 0 Å². The maximum Gasteiger partial charge on any atom is 0.0397 e. The summed E-state index contributed by atoms with van der Waals surface area (Å²) in [7, 11) is 0. The van der Waals surface area contributed by atoms with E-state index < -0.39 is 0 Å². The Labute approximate surface area is 47.6 Å². The SMILES string of the molecule is CCC1=C=C=CS1. The van der Waals surface area contributed by atoms with Crippen LogP contribution in [0, 0.1) is 0 Å². The van der Waals surface area contributed by atoms with Crippen LogP contribution in [0.1, 0.15) is 13.3 Å². The monoisotopic (exact) mass is 110 g/mol. The minimum Gasteiger partial charge on any atom is -0.0842 e. The fourth-order valence-electron chi connectivity index (χ4n) is 0.412. The molecule has 0 atom stereocenters. The van der Waals surface area contributed by atoms with Crippen molar-refractivity contribution in [1.82, 2.24) is 0 Å². The standard InChI is InChI=1S/C6H6S/c1-2-6-4-3-5-7-6/h5H,2H2,1H3. The molecule has 1 rings (SSSR count). The van der Waals surface area contributed by atoms with Crippen LogP contribution in [0.15, 0.2) is 21.8 Å². The number of hydrogen-bond acceptors (Lipinski definition) is 1. The van der Waals surface area contributed by atoms with Crippen LogP contribution >= 0.6 is 11.8 Å². The molecule has 0 aromatic heterocycles. The topological polar surface area (TPSA) is 0 Å². The quantitative estimate of drug-likeness (QED) is 0.467. The molecule has 0 unspecified atom stereocenters. The second kappa shape index (κ2) is 2.09. The zero-order valence-electron chi connectivity index (χ0n) is 4.19. The first-order valence-electron chi connectivity index (χ1n) is 2.29. The van der Waals surface area contributed by atoms with E-state index in [-0.39, 0.29) is 0 Å². The zero-order chi connectivity index (χ0) is 5.11. The van der Waals surface area contributed by atoms with Gasteiger partial charge in [0, 0.05) is 10.3 Å². The first-order chi connectivity index (χ1) is 3.43. The lowest BCUT2D eigenvalue weighted by molar-refractivity contribution is 1.21.